The van der Waals surface area contributed by atoms with Gasteiger partial charge in [0.05, 0.1) is 17.4 Å². The lowest BCUT2D eigenvalue weighted by Crippen LogP contribution is -2.02. The smallest absolute Gasteiger partial charge is 0.186 e. The Morgan fingerprint density at radius 2 is 2.28 bits per heavy atom. The topological polar surface area (TPSA) is 88.1 Å². The Labute approximate surface area is 103 Å². The van der Waals surface area contributed by atoms with Crippen molar-refractivity contribution in [1.29, 1.82) is 0 Å². The number of rotatable bonds is 3. The van der Waals surface area contributed by atoms with E-state index >= 15 is 0 Å². The standard InChI is InChI=1S/C13H13N3O2/c14-5-4-9-7-15-18-13(9)10-6-8-2-1-3-11(17)12(8)16-10/h1-3,6-7,16-17H,4-5,14H2. The van der Waals surface area contributed by atoms with Crippen molar-refractivity contribution in [1.82, 2.24) is 10.1 Å². The van der Waals surface area contributed by atoms with Crippen molar-refractivity contribution in [2.45, 2.75) is 6.42 Å². The zero-order valence-electron chi connectivity index (χ0n) is 9.68. The number of para-hydroxylation sites is 1. The number of nitrogens with two attached hydrogens (primary N) is 1. The highest BCUT2D eigenvalue weighted by Crippen LogP contribution is 2.30. The zero-order chi connectivity index (χ0) is 12.5. The first-order chi connectivity index (χ1) is 8.79. The Bertz CT molecular complexity index is 684. The van der Waals surface area contributed by atoms with Gasteiger partial charge in [-0.05, 0) is 25.1 Å². The normalized spacial score (nSPS) is 11.2. The number of phenols is 1. The van der Waals surface area contributed by atoms with Crippen LogP contribution in [0.3, 0.4) is 0 Å². The maximum atomic E-state index is 9.76. The van der Waals surface area contributed by atoms with Crippen LogP contribution in [-0.2, 0) is 6.42 Å². The summed E-state index contributed by atoms with van der Waals surface area (Å²) >= 11 is 0. The van der Waals surface area contributed by atoms with E-state index < -0.39 is 0 Å². The molecule has 0 saturated heterocycles. The Kier molecular flexibility index (Phi) is 2.53. The van der Waals surface area contributed by atoms with Gasteiger partial charge in [0.25, 0.3) is 0 Å². The van der Waals surface area contributed by atoms with Crippen LogP contribution in [0.15, 0.2) is 35.0 Å². The molecule has 0 bridgehead atoms. The third-order valence-electron chi connectivity index (χ3n) is 2.94. The molecule has 5 heteroatoms. The fraction of sp³-hybridized carbons (Fsp3) is 0.154. The van der Waals surface area contributed by atoms with Crippen molar-refractivity contribution < 1.29 is 9.63 Å². The summed E-state index contributed by atoms with van der Waals surface area (Å²) in [5, 5.41) is 14.5. The van der Waals surface area contributed by atoms with E-state index in [2.05, 4.69) is 10.1 Å². The molecular formula is C13H13N3O2. The van der Waals surface area contributed by atoms with Crippen LogP contribution in [0.4, 0.5) is 0 Å². The van der Waals surface area contributed by atoms with Crippen LogP contribution in [0.2, 0.25) is 0 Å². The summed E-state index contributed by atoms with van der Waals surface area (Å²) in [6.45, 7) is 0.541. The lowest BCUT2D eigenvalue weighted by atomic mass is 10.1. The number of aromatic hydroxyl groups is 1. The second kappa shape index (κ2) is 4.19. The number of hydrogen-bond acceptors (Lipinski definition) is 4. The van der Waals surface area contributed by atoms with E-state index in [-0.39, 0.29) is 5.75 Å². The maximum Gasteiger partial charge on any atom is 0.186 e. The molecule has 0 atom stereocenters. The number of aromatic amines is 1. The Morgan fingerprint density at radius 1 is 1.39 bits per heavy atom. The summed E-state index contributed by atoms with van der Waals surface area (Å²) in [6.07, 6.45) is 2.38. The quantitative estimate of drug-likeness (QED) is 0.656. The molecule has 2 aromatic heterocycles. The molecule has 3 aromatic rings. The van der Waals surface area contributed by atoms with Crippen molar-refractivity contribution in [3.05, 3.63) is 36.0 Å². The molecule has 0 fully saturated rings. The lowest BCUT2D eigenvalue weighted by molar-refractivity contribution is 0.430. The third kappa shape index (κ3) is 1.65. The molecule has 0 saturated carbocycles. The summed E-state index contributed by atoms with van der Waals surface area (Å²) in [5.41, 5.74) is 8.00. The minimum absolute atomic E-state index is 0.221. The van der Waals surface area contributed by atoms with Crippen LogP contribution in [-0.4, -0.2) is 21.8 Å². The Hall–Kier alpha value is -2.27. The van der Waals surface area contributed by atoms with E-state index in [0.29, 0.717) is 24.2 Å². The van der Waals surface area contributed by atoms with Crippen LogP contribution >= 0.6 is 0 Å². The second-order valence-electron chi connectivity index (χ2n) is 4.14. The number of fused-ring (bicyclic) bond motifs is 1. The van der Waals surface area contributed by atoms with E-state index in [1.54, 1.807) is 18.3 Å². The number of nitrogens with zero attached hydrogens (tertiary/aromatic N) is 1. The molecule has 0 aliphatic carbocycles. The average Bonchev–Trinajstić information content (AvgIpc) is 2.95. The van der Waals surface area contributed by atoms with Crippen LogP contribution < -0.4 is 5.73 Å². The number of phenolic OH excluding ortho intramolecular Hbond substituents is 1. The van der Waals surface area contributed by atoms with Gasteiger partial charge in [0, 0.05) is 10.9 Å². The minimum Gasteiger partial charge on any atom is -0.506 e. The molecule has 92 valence electrons. The van der Waals surface area contributed by atoms with Gasteiger partial charge in [-0.3, -0.25) is 0 Å². The highest BCUT2D eigenvalue weighted by Gasteiger charge is 2.13. The van der Waals surface area contributed by atoms with Crippen LogP contribution in [0.25, 0.3) is 22.4 Å². The number of H-pyrrole nitrogens is 1. The van der Waals surface area contributed by atoms with Crippen molar-refractivity contribution >= 4 is 10.9 Å². The summed E-state index contributed by atoms with van der Waals surface area (Å²) in [4.78, 5) is 3.14. The summed E-state index contributed by atoms with van der Waals surface area (Å²) < 4.78 is 5.25. The van der Waals surface area contributed by atoms with Crippen molar-refractivity contribution in [3.63, 3.8) is 0 Å². The fourth-order valence-electron chi connectivity index (χ4n) is 2.08. The van der Waals surface area contributed by atoms with Crippen LogP contribution in [0, 0.1) is 0 Å². The van der Waals surface area contributed by atoms with Crippen molar-refractivity contribution in [2.24, 2.45) is 5.73 Å². The largest absolute Gasteiger partial charge is 0.506 e. The molecule has 1 aromatic carbocycles. The molecule has 0 unspecified atom stereocenters. The molecule has 2 heterocycles. The fourth-order valence-corrected chi connectivity index (χ4v) is 2.08. The highest BCUT2D eigenvalue weighted by atomic mass is 16.5. The highest BCUT2D eigenvalue weighted by molar-refractivity contribution is 5.89. The van der Waals surface area contributed by atoms with Gasteiger partial charge in [-0.1, -0.05) is 17.3 Å². The average molecular weight is 243 g/mol. The SMILES string of the molecule is NCCc1cnoc1-c1cc2cccc(O)c2[nH]1. The summed E-state index contributed by atoms with van der Waals surface area (Å²) in [5.74, 6) is 0.898. The molecule has 3 rings (SSSR count). The molecular weight excluding hydrogens is 230 g/mol. The molecule has 0 aliphatic rings. The van der Waals surface area contributed by atoms with Gasteiger partial charge >= 0.3 is 0 Å². The van der Waals surface area contributed by atoms with Crippen molar-refractivity contribution in [2.75, 3.05) is 6.54 Å². The monoisotopic (exact) mass is 243 g/mol. The molecule has 5 nitrogen and oxygen atoms in total. The first-order valence-electron chi connectivity index (χ1n) is 5.74. The van der Waals surface area contributed by atoms with Gasteiger partial charge in [0.15, 0.2) is 5.76 Å². The van der Waals surface area contributed by atoms with Gasteiger partial charge in [-0.25, -0.2) is 0 Å². The molecule has 0 amide bonds. The van der Waals surface area contributed by atoms with E-state index in [0.717, 1.165) is 16.6 Å². The van der Waals surface area contributed by atoms with Crippen LogP contribution in [0.1, 0.15) is 5.56 Å². The number of aromatic nitrogens is 2. The van der Waals surface area contributed by atoms with Crippen LogP contribution in [0.5, 0.6) is 5.75 Å². The number of benzene rings is 1. The zero-order valence-corrected chi connectivity index (χ0v) is 9.68. The predicted octanol–water partition coefficient (Wildman–Crippen LogP) is 2.03. The van der Waals surface area contributed by atoms with Gasteiger partial charge in [-0.2, -0.15) is 0 Å². The van der Waals surface area contributed by atoms with Gasteiger partial charge in [0.2, 0.25) is 0 Å². The van der Waals surface area contributed by atoms with Crippen molar-refractivity contribution in [3.8, 4) is 17.2 Å². The molecule has 0 radical (unpaired) electrons. The van der Waals surface area contributed by atoms with E-state index in [9.17, 15) is 5.11 Å². The molecule has 4 N–H and O–H groups in total. The second-order valence-corrected chi connectivity index (χ2v) is 4.14. The molecule has 0 spiro atoms. The Morgan fingerprint density at radius 3 is 3.06 bits per heavy atom. The minimum atomic E-state index is 0.221. The van der Waals surface area contributed by atoms with E-state index in [1.165, 1.54) is 0 Å². The van der Waals surface area contributed by atoms with Gasteiger partial charge in [0.1, 0.15) is 5.75 Å². The van der Waals surface area contributed by atoms with Gasteiger partial charge in [-0.15, -0.1) is 0 Å². The third-order valence-corrected chi connectivity index (χ3v) is 2.94. The number of nitrogens with one attached hydrogen (secondary N) is 1. The van der Waals surface area contributed by atoms with E-state index in [1.807, 2.05) is 12.1 Å². The lowest BCUT2D eigenvalue weighted by Gasteiger charge is -1.96. The summed E-state index contributed by atoms with van der Waals surface area (Å²) in [7, 11) is 0. The predicted molar refractivity (Wildman–Crippen MR) is 68.2 cm³/mol. The summed E-state index contributed by atoms with van der Waals surface area (Å²) in [6, 6.07) is 7.30. The van der Waals surface area contributed by atoms with E-state index in [4.69, 9.17) is 10.3 Å². The number of hydrogen-bond donors (Lipinski definition) is 3. The first kappa shape index (κ1) is 10.9. The first-order valence-corrected chi connectivity index (χ1v) is 5.74. The Balaban J connectivity index is 2.14. The van der Waals surface area contributed by atoms with Gasteiger partial charge < -0.3 is 20.3 Å². The maximum absolute atomic E-state index is 9.76. The molecule has 18 heavy (non-hydrogen) atoms. The molecule has 0 aliphatic heterocycles.